The summed E-state index contributed by atoms with van der Waals surface area (Å²) in [6, 6.07) is -1.02. The van der Waals surface area contributed by atoms with Gasteiger partial charge in [-0.05, 0) is 64.2 Å². The lowest BCUT2D eigenvalue weighted by molar-refractivity contribution is -0.305. The minimum atomic E-state index is -1.62. The lowest BCUT2D eigenvalue weighted by Crippen LogP contribution is -2.61. The number of hydrogen-bond acceptors (Lipinski definition) is 10. The van der Waals surface area contributed by atoms with E-state index in [1.165, 1.54) is 180 Å². The largest absolute Gasteiger partial charge is 0.454 e. The normalized spacial score (nSPS) is 19.1. The van der Waals surface area contributed by atoms with Crippen LogP contribution < -0.4 is 5.32 Å². The third-order valence-electron chi connectivity index (χ3n) is 15.7. The van der Waals surface area contributed by atoms with Crippen LogP contribution in [0.15, 0.2) is 48.6 Å². The van der Waals surface area contributed by atoms with Crippen molar-refractivity contribution in [1.29, 1.82) is 0 Å². The van der Waals surface area contributed by atoms with Crippen LogP contribution in [-0.2, 0) is 23.8 Å². The zero-order valence-electron chi connectivity index (χ0n) is 51.2. The summed E-state index contributed by atoms with van der Waals surface area (Å²) in [5, 5.41) is 57.1. The van der Waals surface area contributed by atoms with Gasteiger partial charge in [-0.2, -0.15) is 0 Å². The van der Waals surface area contributed by atoms with Crippen molar-refractivity contribution in [2.75, 3.05) is 13.2 Å². The zero-order chi connectivity index (χ0) is 57.5. The maximum Gasteiger partial charge on any atom is 0.306 e. The molecule has 0 spiro atoms. The first-order valence-corrected chi connectivity index (χ1v) is 33.4. The highest BCUT2D eigenvalue weighted by Crippen LogP contribution is 2.26. The number of unbranched alkanes of at least 4 members (excludes halogenated alkanes) is 37. The van der Waals surface area contributed by atoms with Gasteiger partial charge in [0.25, 0.3) is 0 Å². The molecule has 0 saturated carbocycles. The first-order valence-electron chi connectivity index (χ1n) is 33.4. The molecule has 0 aromatic heterocycles. The Kier molecular flexibility index (Phi) is 53.0. The van der Waals surface area contributed by atoms with Crippen molar-refractivity contribution in [2.24, 2.45) is 0 Å². The molecule has 8 unspecified atom stereocenters. The van der Waals surface area contributed by atoms with Gasteiger partial charge >= 0.3 is 5.97 Å². The molecule has 1 saturated heterocycles. The first kappa shape index (κ1) is 74.6. The topological polar surface area (TPSA) is 175 Å². The molecule has 0 aromatic carbocycles. The molecule has 0 aliphatic carbocycles. The summed E-state index contributed by atoms with van der Waals surface area (Å²) in [4.78, 5) is 26.6. The van der Waals surface area contributed by atoms with Gasteiger partial charge in [-0.15, -0.1) is 0 Å². The van der Waals surface area contributed by atoms with Crippen molar-refractivity contribution >= 4 is 11.9 Å². The Labute approximate surface area is 485 Å². The van der Waals surface area contributed by atoms with E-state index in [1.807, 2.05) is 6.08 Å². The molecule has 8 atom stereocenters. The predicted molar refractivity (Wildman–Crippen MR) is 329 cm³/mol. The number of ether oxygens (including phenoxy) is 3. The highest BCUT2D eigenvalue weighted by molar-refractivity contribution is 5.80. The van der Waals surface area contributed by atoms with Gasteiger partial charge in [0.2, 0.25) is 5.91 Å². The van der Waals surface area contributed by atoms with Gasteiger partial charge in [-0.3, -0.25) is 9.59 Å². The lowest BCUT2D eigenvalue weighted by atomic mass is 9.99. The van der Waals surface area contributed by atoms with Crippen molar-refractivity contribution in [3.05, 3.63) is 48.6 Å². The SMILES string of the molecule is CCCCC/C=C\C/C=C\C/C=C\CCCCCCCCCCC(=O)OC1C(OCC(NC(=O)C(O)CCCCCCCCCCCCCCCCCC)C(O)/C=C/CCCCCCCCCCCCC)OC(CO)C(O)C1O. The number of allylic oxidation sites excluding steroid dienone is 7. The number of aliphatic hydroxyl groups is 5. The molecule has 1 fully saturated rings. The highest BCUT2D eigenvalue weighted by Gasteiger charge is 2.47. The van der Waals surface area contributed by atoms with Gasteiger partial charge in [-0.1, -0.05) is 288 Å². The molecule has 1 heterocycles. The van der Waals surface area contributed by atoms with E-state index in [0.717, 1.165) is 83.5 Å². The molecule has 11 nitrogen and oxygen atoms in total. The number of esters is 1. The summed E-state index contributed by atoms with van der Waals surface area (Å²) >= 11 is 0. The van der Waals surface area contributed by atoms with Crippen molar-refractivity contribution in [1.82, 2.24) is 5.32 Å². The third kappa shape index (κ3) is 43.9. The fourth-order valence-electron chi connectivity index (χ4n) is 10.4. The number of amides is 1. The molecule has 1 aliphatic heterocycles. The van der Waals surface area contributed by atoms with Crippen LogP contribution in [0.5, 0.6) is 0 Å². The summed E-state index contributed by atoms with van der Waals surface area (Å²) in [6.45, 7) is 5.79. The molecule has 0 aromatic rings. The molecule has 1 aliphatic rings. The van der Waals surface area contributed by atoms with E-state index in [2.05, 4.69) is 62.5 Å². The zero-order valence-corrected chi connectivity index (χ0v) is 51.2. The molecule has 0 bridgehead atoms. The van der Waals surface area contributed by atoms with Gasteiger partial charge in [0.05, 0.1) is 25.4 Å². The molecule has 11 heteroatoms. The summed E-state index contributed by atoms with van der Waals surface area (Å²) in [5.74, 6) is -1.19. The fourth-order valence-corrected chi connectivity index (χ4v) is 10.4. The molecule has 1 rings (SSSR count). The first-order chi connectivity index (χ1) is 38.7. The maximum absolute atomic E-state index is 13.4. The van der Waals surface area contributed by atoms with Crippen LogP contribution >= 0.6 is 0 Å². The molecule has 79 heavy (non-hydrogen) atoms. The summed E-state index contributed by atoms with van der Waals surface area (Å²) in [6.07, 6.45) is 58.5. The molecule has 462 valence electrons. The number of carbonyl (C=O) groups excluding carboxylic acids is 2. The number of carbonyl (C=O) groups is 2. The van der Waals surface area contributed by atoms with Crippen LogP contribution in [-0.4, -0.2) is 99.6 Å². The van der Waals surface area contributed by atoms with E-state index in [9.17, 15) is 35.1 Å². The van der Waals surface area contributed by atoms with Gasteiger partial charge in [0.1, 0.15) is 24.4 Å². The average molecular weight is 1120 g/mol. The monoisotopic (exact) mass is 1120 g/mol. The van der Waals surface area contributed by atoms with Crippen LogP contribution in [0.3, 0.4) is 0 Å². The lowest BCUT2D eigenvalue weighted by Gasteiger charge is -2.41. The van der Waals surface area contributed by atoms with E-state index < -0.39 is 67.4 Å². The second-order valence-corrected chi connectivity index (χ2v) is 23.2. The molecule has 0 radical (unpaired) electrons. The number of rotatable bonds is 57. The number of hydrogen-bond donors (Lipinski definition) is 6. The summed E-state index contributed by atoms with van der Waals surface area (Å²) in [7, 11) is 0. The number of aliphatic hydroxyl groups excluding tert-OH is 5. The Bertz CT molecular complexity index is 1470. The van der Waals surface area contributed by atoms with Crippen molar-refractivity contribution in [3.63, 3.8) is 0 Å². The van der Waals surface area contributed by atoms with Gasteiger partial charge < -0.3 is 45.1 Å². The predicted octanol–water partition coefficient (Wildman–Crippen LogP) is 16.4. The van der Waals surface area contributed by atoms with Crippen molar-refractivity contribution in [2.45, 2.75) is 359 Å². The maximum atomic E-state index is 13.4. The van der Waals surface area contributed by atoms with Gasteiger partial charge in [0, 0.05) is 6.42 Å². The quantitative estimate of drug-likeness (QED) is 0.0195. The van der Waals surface area contributed by atoms with Gasteiger partial charge in [-0.25, -0.2) is 0 Å². The second kappa shape index (κ2) is 56.1. The standard InChI is InChI=1S/C68H125NO10/c1-4-7-10-13-16-19-22-25-27-29-30-31-32-33-35-38-41-44-47-50-53-56-63(73)79-66-65(75)64(74)62(57-70)78-68(66)77-58-59(60(71)54-51-48-45-42-39-36-24-21-18-15-12-9-6-3)69-67(76)61(72)55-52-49-46-43-40-37-34-28-26-23-20-17-14-11-8-5-2/h16,19,25,27,30-31,51,54,59-62,64-66,68,70-72,74-75H,4-15,17-18,20-24,26,28-29,32-50,52-53,55-58H2,1-3H3,(H,69,76)/b19-16-,27-25-,31-30-,54-51+. The molecular weight excluding hydrogens is 991 g/mol. The van der Waals surface area contributed by atoms with Crippen LogP contribution in [0.4, 0.5) is 0 Å². The van der Waals surface area contributed by atoms with E-state index in [0.29, 0.717) is 19.3 Å². The van der Waals surface area contributed by atoms with E-state index in [-0.39, 0.29) is 13.0 Å². The highest BCUT2D eigenvalue weighted by atomic mass is 16.7. The third-order valence-corrected chi connectivity index (χ3v) is 15.7. The van der Waals surface area contributed by atoms with Gasteiger partial charge in [0.15, 0.2) is 12.4 Å². The Balaban J connectivity index is 2.64. The Morgan fingerprint density at radius 2 is 0.873 bits per heavy atom. The Morgan fingerprint density at radius 1 is 0.494 bits per heavy atom. The molecule has 1 amide bonds. The molecular formula is C68H125NO10. The Hall–Kier alpha value is -2.38. The second-order valence-electron chi connectivity index (χ2n) is 23.2. The smallest absolute Gasteiger partial charge is 0.306 e. The average Bonchev–Trinajstić information content (AvgIpc) is 3.49. The van der Waals surface area contributed by atoms with Crippen molar-refractivity contribution < 1.29 is 49.3 Å². The van der Waals surface area contributed by atoms with Crippen LogP contribution in [0.1, 0.15) is 310 Å². The minimum absolute atomic E-state index is 0.116. The van der Waals surface area contributed by atoms with Crippen LogP contribution in [0.25, 0.3) is 0 Å². The van der Waals surface area contributed by atoms with E-state index in [4.69, 9.17) is 14.2 Å². The van der Waals surface area contributed by atoms with Crippen molar-refractivity contribution in [3.8, 4) is 0 Å². The van der Waals surface area contributed by atoms with E-state index in [1.54, 1.807) is 6.08 Å². The minimum Gasteiger partial charge on any atom is -0.454 e. The van der Waals surface area contributed by atoms with Crippen LogP contribution in [0, 0.1) is 0 Å². The molecule has 6 N–H and O–H groups in total. The van der Waals surface area contributed by atoms with Crippen LogP contribution in [0.2, 0.25) is 0 Å². The summed E-state index contributed by atoms with van der Waals surface area (Å²) < 4.78 is 17.7. The Morgan fingerprint density at radius 3 is 1.33 bits per heavy atom. The summed E-state index contributed by atoms with van der Waals surface area (Å²) in [5.41, 5.74) is 0. The number of nitrogens with one attached hydrogen (secondary N) is 1. The van der Waals surface area contributed by atoms with E-state index >= 15 is 0 Å². The fraction of sp³-hybridized carbons (Fsp3) is 0.853.